The monoisotopic (exact) mass is 192 g/mol. The minimum atomic E-state index is 0.166. The maximum Gasteiger partial charge on any atom is 0.109 e. The van der Waals surface area contributed by atoms with Crippen LogP contribution in [0.5, 0.6) is 0 Å². The maximum atomic E-state index is 9.38. The maximum absolute atomic E-state index is 9.38. The molecular formula is C11H16N2O. The van der Waals surface area contributed by atoms with Gasteiger partial charge >= 0.3 is 0 Å². The van der Waals surface area contributed by atoms with E-state index in [0.717, 1.165) is 18.7 Å². The van der Waals surface area contributed by atoms with Crippen LogP contribution in [0.3, 0.4) is 0 Å². The van der Waals surface area contributed by atoms with Crippen molar-refractivity contribution in [3.05, 3.63) is 17.2 Å². The van der Waals surface area contributed by atoms with Gasteiger partial charge in [0.05, 0.1) is 18.0 Å². The van der Waals surface area contributed by atoms with Crippen molar-refractivity contribution in [2.24, 2.45) is 0 Å². The van der Waals surface area contributed by atoms with Crippen LogP contribution in [0.1, 0.15) is 48.8 Å². The minimum Gasteiger partial charge on any atom is -0.390 e. The fourth-order valence-electron chi connectivity index (χ4n) is 2.42. The van der Waals surface area contributed by atoms with E-state index in [4.69, 9.17) is 0 Å². The number of aliphatic hydroxyl groups is 1. The number of fused-ring (bicyclic) bond motifs is 1. The second-order valence-electron chi connectivity index (χ2n) is 4.40. The lowest BCUT2D eigenvalue weighted by molar-refractivity contribution is 0.266. The first kappa shape index (κ1) is 8.48. The van der Waals surface area contributed by atoms with E-state index in [1.54, 1.807) is 0 Å². The molecule has 3 rings (SSSR count). The molecule has 3 heteroatoms. The molecule has 1 fully saturated rings. The number of aryl methyl sites for hydroxylation is 1. The molecule has 2 heterocycles. The van der Waals surface area contributed by atoms with Crippen LogP contribution >= 0.6 is 0 Å². The van der Waals surface area contributed by atoms with Crippen molar-refractivity contribution in [1.82, 2.24) is 9.55 Å². The molecule has 1 aromatic rings. The first-order valence-corrected chi connectivity index (χ1v) is 5.59. The van der Waals surface area contributed by atoms with Gasteiger partial charge in [-0.05, 0) is 25.7 Å². The van der Waals surface area contributed by atoms with Gasteiger partial charge in [-0.2, -0.15) is 0 Å². The first-order valence-electron chi connectivity index (χ1n) is 5.59. The van der Waals surface area contributed by atoms with Crippen molar-refractivity contribution in [3.8, 4) is 0 Å². The molecule has 0 spiro atoms. The summed E-state index contributed by atoms with van der Waals surface area (Å²) in [7, 11) is 0. The fourth-order valence-corrected chi connectivity index (χ4v) is 2.42. The van der Waals surface area contributed by atoms with Gasteiger partial charge in [-0.3, -0.25) is 0 Å². The number of aliphatic hydroxyl groups excluding tert-OH is 1. The molecule has 1 aromatic heterocycles. The summed E-state index contributed by atoms with van der Waals surface area (Å²) in [5.74, 6) is 1.87. The summed E-state index contributed by atoms with van der Waals surface area (Å²) in [4.78, 5) is 4.69. The summed E-state index contributed by atoms with van der Waals surface area (Å²) in [6.07, 6.45) is 6.12. The van der Waals surface area contributed by atoms with Gasteiger partial charge < -0.3 is 9.67 Å². The van der Waals surface area contributed by atoms with Crippen LogP contribution in [0.2, 0.25) is 0 Å². The number of imidazole rings is 1. The van der Waals surface area contributed by atoms with Crippen molar-refractivity contribution in [1.29, 1.82) is 0 Å². The topological polar surface area (TPSA) is 38.1 Å². The van der Waals surface area contributed by atoms with Gasteiger partial charge in [0.2, 0.25) is 0 Å². The van der Waals surface area contributed by atoms with Gasteiger partial charge in [-0.25, -0.2) is 4.98 Å². The van der Waals surface area contributed by atoms with E-state index < -0.39 is 0 Å². The lowest BCUT2D eigenvalue weighted by atomic mass is 10.1. The van der Waals surface area contributed by atoms with Crippen molar-refractivity contribution in [2.75, 3.05) is 0 Å². The number of hydrogen-bond donors (Lipinski definition) is 1. The van der Waals surface area contributed by atoms with Crippen molar-refractivity contribution in [2.45, 2.75) is 51.2 Å². The zero-order valence-corrected chi connectivity index (χ0v) is 8.37. The average molecular weight is 192 g/mol. The number of aromatic nitrogens is 2. The molecule has 0 bridgehead atoms. The first-order chi connectivity index (χ1) is 6.90. The third kappa shape index (κ3) is 1.19. The molecule has 14 heavy (non-hydrogen) atoms. The van der Waals surface area contributed by atoms with Crippen LogP contribution in [0.4, 0.5) is 0 Å². The molecule has 0 unspecified atom stereocenters. The second kappa shape index (κ2) is 3.09. The molecule has 1 saturated carbocycles. The van der Waals surface area contributed by atoms with Gasteiger partial charge in [0.1, 0.15) is 5.82 Å². The molecule has 76 valence electrons. The molecule has 2 aliphatic rings. The zero-order chi connectivity index (χ0) is 9.54. The van der Waals surface area contributed by atoms with Crippen molar-refractivity contribution < 1.29 is 5.11 Å². The van der Waals surface area contributed by atoms with E-state index in [9.17, 15) is 5.11 Å². The highest BCUT2D eigenvalue weighted by Crippen LogP contribution is 2.41. The predicted octanol–water partition coefficient (Wildman–Crippen LogP) is 1.59. The Labute approximate surface area is 83.8 Å². The van der Waals surface area contributed by atoms with Crippen LogP contribution in [0, 0.1) is 0 Å². The molecule has 0 amide bonds. The smallest absolute Gasteiger partial charge is 0.109 e. The molecule has 0 radical (unpaired) electrons. The van der Waals surface area contributed by atoms with Gasteiger partial charge in [-0.15, -0.1) is 0 Å². The van der Waals surface area contributed by atoms with Gasteiger partial charge in [0.15, 0.2) is 0 Å². The third-order valence-corrected chi connectivity index (χ3v) is 3.33. The van der Waals surface area contributed by atoms with Crippen LogP contribution < -0.4 is 0 Å². The Hall–Kier alpha value is -0.830. The molecule has 3 nitrogen and oxygen atoms in total. The second-order valence-corrected chi connectivity index (χ2v) is 4.40. The molecule has 0 saturated heterocycles. The minimum absolute atomic E-state index is 0.166. The van der Waals surface area contributed by atoms with Crippen molar-refractivity contribution in [3.63, 3.8) is 0 Å². The van der Waals surface area contributed by atoms with Gasteiger partial charge in [0, 0.05) is 18.9 Å². The van der Waals surface area contributed by atoms with E-state index in [-0.39, 0.29) is 6.61 Å². The number of rotatable bonds is 2. The normalized spacial score (nSPS) is 20.9. The fraction of sp³-hybridized carbons (Fsp3) is 0.727. The van der Waals surface area contributed by atoms with Crippen molar-refractivity contribution >= 4 is 0 Å². The predicted molar refractivity (Wildman–Crippen MR) is 53.1 cm³/mol. The summed E-state index contributed by atoms with van der Waals surface area (Å²) in [6.45, 7) is 1.23. The molecule has 0 atom stereocenters. The number of nitrogens with zero attached hydrogens (tertiary/aromatic N) is 2. The summed E-state index contributed by atoms with van der Waals surface area (Å²) >= 11 is 0. The van der Waals surface area contributed by atoms with Gasteiger partial charge in [0.25, 0.3) is 0 Å². The van der Waals surface area contributed by atoms with E-state index in [0.29, 0.717) is 5.92 Å². The standard InChI is InChI=1S/C11H16N2O/c14-7-9-11(8-4-5-8)12-10-3-1-2-6-13(9)10/h8,14H,1-7H2. The van der Waals surface area contributed by atoms with E-state index in [1.165, 1.54) is 37.2 Å². The highest BCUT2D eigenvalue weighted by molar-refractivity contribution is 5.25. The molecule has 0 aromatic carbocycles. The summed E-state index contributed by atoms with van der Waals surface area (Å²) in [6, 6.07) is 0. The lowest BCUT2D eigenvalue weighted by Gasteiger charge is -2.15. The summed E-state index contributed by atoms with van der Waals surface area (Å²) < 4.78 is 2.25. The Kier molecular flexibility index (Phi) is 1.87. The van der Waals surface area contributed by atoms with E-state index in [1.807, 2.05) is 0 Å². The molecular weight excluding hydrogens is 176 g/mol. The van der Waals surface area contributed by atoms with Crippen LogP contribution in [-0.4, -0.2) is 14.7 Å². The Morgan fingerprint density at radius 3 is 2.93 bits per heavy atom. The SMILES string of the molecule is OCc1c(C2CC2)nc2n1CCCC2. The highest BCUT2D eigenvalue weighted by Gasteiger charge is 2.31. The Balaban J connectivity index is 2.06. The number of hydrogen-bond acceptors (Lipinski definition) is 2. The Morgan fingerprint density at radius 1 is 1.36 bits per heavy atom. The third-order valence-electron chi connectivity index (χ3n) is 3.33. The van der Waals surface area contributed by atoms with E-state index >= 15 is 0 Å². The Bertz CT molecular complexity index is 352. The lowest BCUT2D eigenvalue weighted by Crippen LogP contribution is -2.13. The zero-order valence-electron chi connectivity index (χ0n) is 8.37. The summed E-state index contributed by atoms with van der Waals surface area (Å²) in [5, 5.41) is 9.38. The molecule has 1 aliphatic carbocycles. The van der Waals surface area contributed by atoms with E-state index in [2.05, 4.69) is 9.55 Å². The molecule has 1 aliphatic heterocycles. The largest absolute Gasteiger partial charge is 0.390 e. The summed E-state index contributed by atoms with van der Waals surface area (Å²) in [5.41, 5.74) is 2.30. The average Bonchev–Trinajstić information content (AvgIpc) is 2.99. The quantitative estimate of drug-likeness (QED) is 0.772. The van der Waals surface area contributed by atoms with Crippen LogP contribution in [-0.2, 0) is 19.6 Å². The van der Waals surface area contributed by atoms with Crippen LogP contribution in [0.15, 0.2) is 0 Å². The highest BCUT2D eigenvalue weighted by atomic mass is 16.3. The molecule has 1 N–H and O–H groups in total. The van der Waals surface area contributed by atoms with Gasteiger partial charge in [-0.1, -0.05) is 0 Å². The Morgan fingerprint density at radius 2 is 2.21 bits per heavy atom. The van der Waals surface area contributed by atoms with Crippen LogP contribution in [0.25, 0.3) is 0 Å².